The van der Waals surface area contributed by atoms with Gasteiger partial charge >= 0.3 is 42.4 Å². The topological polar surface area (TPSA) is 80.3 Å². The van der Waals surface area contributed by atoms with E-state index in [-0.39, 0.29) is 42.4 Å². The summed E-state index contributed by atoms with van der Waals surface area (Å²) in [4.78, 5) is 19.9. The molecule has 4 aromatic rings. The fraction of sp³-hybridized carbons (Fsp3) is 0.103. The zero-order valence-corrected chi connectivity index (χ0v) is 23.8. The van der Waals surface area contributed by atoms with E-state index >= 15 is 0 Å². The fourth-order valence-electron chi connectivity index (χ4n) is 2.25. The summed E-state index contributed by atoms with van der Waals surface area (Å²) >= 11 is 0.0574. The zero-order chi connectivity index (χ0) is 25.5. The van der Waals surface area contributed by atoms with Crippen LogP contribution in [0.25, 0.3) is 0 Å². The van der Waals surface area contributed by atoms with Crippen molar-refractivity contribution in [3.8, 4) is 0 Å². The van der Waals surface area contributed by atoms with Crippen LogP contribution >= 0.6 is 0 Å². The Labute approximate surface area is 227 Å². The van der Waals surface area contributed by atoms with Gasteiger partial charge in [-0.2, -0.15) is 0 Å². The van der Waals surface area contributed by atoms with Crippen molar-refractivity contribution in [3.63, 3.8) is 0 Å². The van der Waals surface area contributed by atoms with E-state index in [0.29, 0.717) is 0 Å². The summed E-state index contributed by atoms with van der Waals surface area (Å²) in [5, 5.41) is 19.9. The second-order valence-corrected chi connectivity index (χ2v) is 13.6. The van der Waals surface area contributed by atoms with Crippen molar-refractivity contribution in [2.75, 3.05) is 0 Å². The molecule has 180 valence electrons. The molecule has 0 spiro atoms. The average Bonchev–Trinajstić information content (AvgIpc) is 2.87. The van der Waals surface area contributed by atoms with Crippen LogP contribution in [-0.2, 0) is 9.59 Å². The van der Waals surface area contributed by atoms with Crippen LogP contribution in [0.2, 0.25) is 0 Å². The first-order valence-electron chi connectivity index (χ1n) is 10.7. The summed E-state index contributed by atoms with van der Waals surface area (Å²) in [5.74, 6) is -3.27. The molecule has 0 saturated carbocycles. The number of benzene rings is 4. The van der Waals surface area contributed by atoms with Crippen molar-refractivity contribution in [2.24, 2.45) is 5.41 Å². The average molecular weight is 692 g/mol. The zero-order valence-electron chi connectivity index (χ0n) is 19.4. The second-order valence-electron chi connectivity index (χ2n) is 7.57. The van der Waals surface area contributed by atoms with E-state index in [1.807, 2.05) is 0 Å². The molecule has 6 heteroatoms. The third-order valence-corrected chi connectivity index (χ3v) is 9.76. The third kappa shape index (κ3) is 11.0. The van der Waals surface area contributed by atoms with E-state index in [9.17, 15) is 19.8 Å². The summed E-state index contributed by atoms with van der Waals surface area (Å²) in [7, 11) is 0. The molecule has 4 rings (SSSR count). The Morgan fingerprint density at radius 3 is 0.829 bits per heavy atom. The van der Waals surface area contributed by atoms with Gasteiger partial charge in [0, 0.05) is 5.41 Å². The van der Waals surface area contributed by atoms with Crippen molar-refractivity contribution < 1.29 is 62.2 Å². The lowest BCUT2D eigenvalue weighted by atomic mass is 9.95. The van der Waals surface area contributed by atoms with E-state index < -0.39 is 17.4 Å². The number of carbonyl (C=O) groups excluding carboxylic acids is 2. The van der Waals surface area contributed by atoms with Gasteiger partial charge in [-0.3, -0.25) is 0 Å². The predicted octanol–water partition coefficient (Wildman–Crippen LogP) is -2.86. The normalized spacial score (nSPS) is 10.1. The molecule has 4 aromatic carbocycles. The number of aliphatic carboxylic acids is 2. The number of hydrogen-bond acceptors (Lipinski definition) is 4. The summed E-state index contributed by atoms with van der Waals surface area (Å²) in [5.41, 5.74) is -1.89. The van der Waals surface area contributed by atoms with Gasteiger partial charge in [0.1, 0.15) is 0 Å². The molecule has 0 heterocycles. The molecule has 0 aromatic heterocycles. The third-order valence-electron chi connectivity index (χ3n) is 4.39. The van der Waals surface area contributed by atoms with E-state index in [1.54, 1.807) is 0 Å². The first-order valence-corrected chi connectivity index (χ1v) is 15.0. The van der Waals surface area contributed by atoms with Gasteiger partial charge < -0.3 is 19.8 Å². The van der Waals surface area contributed by atoms with Gasteiger partial charge in [0.05, 0.1) is 11.9 Å². The molecule has 0 bridgehead atoms. The molecular weight excluding hydrogens is 666 g/mol. The molecule has 35 heavy (non-hydrogen) atoms. The van der Waals surface area contributed by atoms with Gasteiger partial charge in [-0.05, 0) is 62.4 Å². The number of carbonyl (C=O) groups is 2. The minimum absolute atomic E-state index is 0.0287. The fourth-order valence-corrected chi connectivity index (χ4v) is 6.78. The smallest absolute Gasteiger partial charge is 0.357 e. The Bertz CT molecular complexity index is 982. The maximum absolute atomic E-state index is 9.93. The summed E-state index contributed by atoms with van der Waals surface area (Å²) in [6, 6.07) is 42.8. The van der Waals surface area contributed by atoms with Crippen LogP contribution in [0.3, 0.4) is 0 Å². The van der Waals surface area contributed by atoms with Gasteiger partial charge in [0.15, 0.2) is 14.3 Å². The number of hydrogen-bond donors (Lipinski definition) is 0. The molecule has 0 atom stereocenters. The summed E-state index contributed by atoms with van der Waals surface area (Å²) < 4.78 is 5.92. The van der Waals surface area contributed by atoms with Crippen molar-refractivity contribution >= 4 is 11.9 Å². The van der Waals surface area contributed by atoms with Crippen LogP contribution < -0.4 is 52.6 Å². The lowest BCUT2D eigenvalue weighted by Crippen LogP contribution is -3.61. The van der Waals surface area contributed by atoms with Crippen molar-refractivity contribution in [3.05, 3.63) is 136 Å². The largest absolute Gasteiger partial charge is 0.549 e. The first-order chi connectivity index (χ1) is 16.8. The Morgan fingerprint density at radius 2 is 0.686 bits per heavy atom. The van der Waals surface area contributed by atoms with Crippen LogP contribution in [0, 0.1) is 19.7 Å². The quantitative estimate of drug-likeness (QED) is 0.161. The monoisotopic (exact) mass is 692 g/mol. The standard InChI is InChI=1S/2C12H10I.C5H8O4/c2*1-3-7-11(8-4-1)13-12-9-5-2-6-10-12;1-5(2,3(6)7)4(8)9/h2*1-10H;1-2H3,(H,6,7)(H,8,9)/q2*+1;/p-2. The molecule has 0 N–H and O–H groups in total. The van der Waals surface area contributed by atoms with Crippen molar-refractivity contribution in [1.82, 2.24) is 0 Å². The molecule has 0 aliphatic rings. The maximum Gasteiger partial charge on any atom is 0.357 e. The van der Waals surface area contributed by atoms with Crippen molar-refractivity contribution in [2.45, 2.75) is 13.8 Å². The Hall–Kier alpha value is -2.72. The number of rotatable bonds is 6. The number of carboxylic acid groups (broad SMARTS) is 2. The SMILES string of the molecule is CC(C)(C(=O)[O-])C(=O)[O-].c1ccc([I+]c2ccccc2)cc1.c1ccc([I+]c2ccccc2)cc1. The van der Waals surface area contributed by atoms with E-state index in [0.717, 1.165) is 13.8 Å². The minimum atomic E-state index is -1.89. The lowest BCUT2D eigenvalue weighted by Gasteiger charge is -2.26. The van der Waals surface area contributed by atoms with Gasteiger partial charge in [0.25, 0.3) is 0 Å². The van der Waals surface area contributed by atoms with Gasteiger partial charge in [0.2, 0.25) is 0 Å². The highest BCUT2D eigenvalue weighted by Crippen LogP contribution is 2.10. The van der Waals surface area contributed by atoms with E-state index in [4.69, 9.17) is 0 Å². The van der Waals surface area contributed by atoms with Gasteiger partial charge in [-0.25, -0.2) is 0 Å². The first kappa shape index (κ1) is 28.5. The highest BCUT2D eigenvalue weighted by Gasteiger charge is 2.20. The minimum Gasteiger partial charge on any atom is -0.549 e. The Morgan fingerprint density at radius 1 is 0.486 bits per heavy atom. The van der Waals surface area contributed by atoms with E-state index in [2.05, 4.69) is 121 Å². The molecule has 0 fully saturated rings. The molecule has 0 radical (unpaired) electrons. The van der Waals surface area contributed by atoms with Crippen LogP contribution in [0.5, 0.6) is 0 Å². The number of carboxylic acids is 2. The van der Waals surface area contributed by atoms with Crippen LogP contribution in [-0.4, -0.2) is 11.9 Å². The molecule has 0 amide bonds. The van der Waals surface area contributed by atoms with Gasteiger partial charge in [-0.15, -0.1) is 0 Å². The van der Waals surface area contributed by atoms with Crippen LogP contribution in [0.4, 0.5) is 0 Å². The highest BCUT2D eigenvalue weighted by molar-refractivity contribution is 5.95. The molecule has 0 aliphatic carbocycles. The van der Waals surface area contributed by atoms with E-state index in [1.165, 1.54) is 14.3 Å². The summed E-state index contributed by atoms with van der Waals surface area (Å²) in [6.07, 6.45) is 0. The molecule has 4 nitrogen and oxygen atoms in total. The van der Waals surface area contributed by atoms with Gasteiger partial charge in [-0.1, -0.05) is 72.8 Å². The maximum atomic E-state index is 9.93. The molecule has 0 saturated heterocycles. The second kappa shape index (κ2) is 15.3. The Balaban J connectivity index is 0.000000190. The van der Waals surface area contributed by atoms with Crippen molar-refractivity contribution in [1.29, 1.82) is 0 Å². The predicted molar refractivity (Wildman–Crippen MR) is 124 cm³/mol. The van der Waals surface area contributed by atoms with Crippen LogP contribution in [0.1, 0.15) is 13.8 Å². The highest BCUT2D eigenvalue weighted by atomic mass is 127. The Kier molecular flexibility index (Phi) is 12.5. The number of halogens is 2. The summed E-state index contributed by atoms with van der Waals surface area (Å²) in [6.45, 7) is 2.02. The van der Waals surface area contributed by atoms with Crippen LogP contribution in [0.15, 0.2) is 121 Å². The molecule has 0 aliphatic heterocycles. The molecule has 0 unspecified atom stereocenters. The lowest BCUT2D eigenvalue weighted by molar-refractivity contribution is -0.597. The molecular formula is C29H26I2O4.